The molecule has 0 spiro atoms. The van der Waals surface area contributed by atoms with E-state index in [9.17, 15) is 14.0 Å². The molecule has 0 heterocycles. The molecule has 1 aliphatic rings. The topological polar surface area (TPSA) is 76.7 Å². The average Bonchev–Trinajstić information content (AvgIpc) is 3.12. The summed E-state index contributed by atoms with van der Waals surface area (Å²) in [5, 5.41) is 5.83. The molecule has 2 unspecified atom stereocenters. The molecule has 0 radical (unpaired) electrons. The number of ether oxygens (including phenoxy) is 2. The van der Waals surface area contributed by atoms with Gasteiger partial charge in [-0.1, -0.05) is 19.9 Å². The first-order chi connectivity index (χ1) is 14.3. The third-order valence-corrected chi connectivity index (χ3v) is 5.35. The highest BCUT2D eigenvalue weighted by molar-refractivity contribution is 5.98. The summed E-state index contributed by atoms with van der Waals surface area (Å²) in [5.41, 5.74) is 2.18. The number of fused-ring (bicyclic) bond motifs is 1. The lowest BCUT2D eigenvalue weighted by atomic mass is 10.0. The van der Waals surface area contributed by atoms with Crippen LogP contribution in [0.15, 0.2) is 36.4 Å². The molecular formula is C23H27FN2O4. The molecule has 0 aliphatic heterocycles. The van der Waals surface area contributed by atoms with Gasteiger partial charge < -0.3 is 20.1 Å². The number of methoxy groups -OCH3 is 2. The lowest BCUT2D eigenvalue weighted by Gasteiger charge is -2.24. The largest absolute Gasteiger partial charge is 0.497 e. The van der Waals surface area contributed by atoms with Crippen molar-refractivity contribution in [2.45, 2.75) is 38.8 Å². The summed E-state index contributed by atoms with van der Waals surface area (Å²) in [7, 11) is 3.01. The highest BCUT2D eigenvalue weighted by Gasteiger charge is 2.30. The van der Waals surface area contributed by atoms with E-state index in [1.165, 1.54) is 26.4 Å². The van der Waals surface area contributed by atoms with Gasteiger partial charge in [-0.15, -0.1) is 0 Å². The third kappa shape index (κ3) is 4.72. The van der Waals surface area contributed by atoms with Crippen molar-refractivity contribution in [1.29, 1.82) is 0 Å². The van der Waals surface area contributed by atoms with E-state index in [4.69, 9.17) is 9.47 Å². The Bertz CT molecular complexity index is 923. The Morgan fingerprint density at radius 1 is 1.07 bits per heavy atom. The normalized spacial score (nSPS) is 16.0. The zero-order valence-electron chi connectivity index (χ0n) is 17.6. The molecule has 2 aromatic carbocycles. The second-order valence-corrected chi connectivity index (χ2v) is 7.74. The second-order valence-electron chi connectivity index (χ2n) is 7.74. The van der Waals surface area contributed by atoms with Crippen LogP contribution in [0.4, 0.5) is 4.39 Å². The van der Waals surface area contributed by atoms with Crippen LogP contribution in [0, 0.1) is 11.7 Å². The van der Waals surface area contributed by atoms with Gasteiger partial charge in [0.2, 0.25) is 5.91 Å². The molecule has 30 heavy (non-hydrogen) atoms. The smallest absolute Gasteiger partial charge is 0.252 e. The Morgan fingerprint density at radius 2 is 1.73 bits per heavy atom. The highest BCUT2D eigenvalue weighted by Crippen LogP contribution is 2.31. The molecule has 2 atom stereocenters. The Hall–Kier alpha value is -3.09. The van der Waals surface area contributed by atoms with E-state index >= 15 is 0 Å². The minimum atomic E-state index is -0.723. The molecule has 160 valence electrons. The lowest BCUT2D eigenvalue weighted by Crippen LogP contribution is -2.50. The number of carbonyl (C=O) groups is 2. The average molecular weight is 414 g/mol. The first-order valence-electron chi connectivity index (χ1n) is 9.95. The van der Waals surface area contributed by atoms with Gasteiger partial charge in [-0.3, -0.25) is 9.59 Å². The second kappa shape index (κ2) is 9.15. The van der Waals surface area contributed by atoms with Gasteiger partial charge >= 0.3 is 0 Å². The van der Waals surface area contributed by atoms with Crippen molar-refractivity contribution >= 4 is 11.8 Å². The quantitative estimate of drug-likeness (QED) is 0.728. The van der Waals surface area contributed by atoms with Gasteiger partial charge in [0.25, 0.3) is 5.91 Å². The summed E-state index contributed by atoms with van der Waals surface area (Å²) in [4.78, 5) is 25.8. The summed E-state index contributed by atoms with van der Waals surface area (Å²) in [6.07, 6.45) is 1.41. The van der Waals surface area contributed by atoms with E-state index in [1.807, 2.05) is 13.8 Å². The number of carbonyl (C=O) groups excluding carboxylic acids is 2. The Kier molecular flexibility index (Phi) is 6.59. The number of halogens is 1. The molecule has 0 bridgehead atoms. The van der Waals surface area contributed by atoms with Crippen molar-refractivity contribution in [2.24, 2.45) is 5.92 Å². The fraction of sp³-hybridized carbons (Fsp3) is 0.391. The zero-order valence-corrected chi connectivity index (χ0v) is 17.6. The molecule has 7 heteroatoms. The highest BCUT2D eigenvalue weighted by atomic mass is 19.1. The van der Waals surface area contributed by atoms with Crippen molar-refractivity contribution in [1.82, 2.24) is 10.6 Å². The van der Waals surface area contributed by atoms with E-state index in [-0.39, 0.29) is 23.7 Å². The van der Waals surface area contributed by atoms with Gasteiger partial charge in [0.05, 0.1) is 20.3 Å². The SMILES string of the molecule is COc1cc(OC)cc(C(=O)NC(C(=O)NC2CCc3cc(F)ccc32)C(C)C)c1. The molecule has 2 N–H and O–H groups in total. The first-order valence-corrected chi connectivity index (χ1v) is 9.95. The van der Waals surface area contributed by atoms with Crippen LogP contribution >= 0.6 is 0 Å². The van der Waals surface area contributed by atoms with Crippen LogP contribution in [-0.2, 0) is 11.2 Å². The Labute approximate surface area is 175 Å². The molecule has 2 amide bonds. The number of hydrogen-bond acceptors (Lipinski definition) is 4. The van der Waals surface area contributed by atoms with Crippen molar-refractivity contribution in [2.75, 3.05) is 14.2 Å². The van der Waals surface area contributed by atoms with E-state index in [2.05, 4.69) is 10.6 Å². The Morgan fingerprint density at radius 3 is 2.33 bits per heavy atom. The number of rotatable bonds is 7. The van der Waals surface area contributed by atoms with Crippen molar-refractivity contribution in [3.05, 3.63) is 58.9 Å². The third-order valence-electron chi connectivity index (χ3n) is 5.35. The number of amides is 2. The number of hydrogen-bond donors (Lipinski definition) is 2. The molecule has 0 saturated carbocycles. The van der Waals surface area contributed by atoms with Crippen LogP contribution in [0.25, 0.3) is 0 Å². The van der Waals surface area contributed by atoms with Crippen LogP contribution in [0.1, 0.15) is 47.8 Å². The van der Waals surface area contributed by atoms with E-state index < -0.39 is 11.9 Å². The molecular weight excluding hydrogens is 387 g/mol. The fourth-order valence-corrected chi connectivity index (χ4v) is 3.70. The summed E-state index contributed by atoms with van der Waals surface area (Å²) in [5.74, 6) is -0.0951. The van der Waals surface area contributed by atoms with Crippen molar-refractivity contribution in [3.8, 4) is 11.5 Å². The maximum absolute atomic E-state index is 13.4. The van der Waals surface area contributed by atoms with Crippen molar-refractivity contribution in [3.63, 3.8) is 0 Å². The monoisotopic (exact) mass is 414 g/mol. The minimum Gasteiger partial charge on any atom is -0.497 e. The number of aryl methyl sites for hydroxylation is 1. The van der Waals surface area contributed by atoms with Gasteiger partial charge in [0, 0.05) is 11.6 Å². The van der Waals surface area contributed by atoms with Crippen LogP contribution in [0.5, 0.6) is 11.5 Å². The predicted molar refractivity (Wildman–Crippen MR) is 111 cm³/mol. The van der Waals surface area contributed by atoms with E-state index in [0.717, 1.165) is 11.1 Å². The van der Waals surface area contributed by atoms with Gasteiger partial charge in [-0.25, -0.2) is 4.39 Å². The molecule has 2 aromatic rings. The van der Waals surface area contributed by atoms with Crippen LogP contribution in [0.3, 0.4) is 0 Å². The number of benzene rings is 2. The summed E-state index contributed by atoms with van der Waals surface area (Å²) >= 11 is 0. The molecule has 0 saturated heterocycles. The van der Waals surface area contributed by atoms with Gasteiger partial charge in [0.15, 0.2) is 0 Å². The fourth-order valence-electron chi connectivity index (χ4n) is 3.70. The van der Waals surface area contributed by atoms with Crippen LogP contribution < -0.4 is 20.1 Å². The first kappa shape index (κ1) is 21.6. The molecule has 6 nitrogen and oxygen atoms in total. The van der Waals surface area contributed by atoms with Crippen LogP contribution in [-0.4, -0.2) is 32.1 Å². The number of nitrogens with one attached hydrogen (secondary N) is 2. The van der Waals surface area contributed by atoms with E-state index in [1.54, 1.807) is 24.3 Å². The van der Waals surface area contributed by atoms with Crippen LogP contribution in [0.2, 0.25) is 0 Å². The standard InChI is InChI=1S/C23H27FN2O4/c1-13(2)21(26-22(27)15-10-17(29-3)12-18(11-15)30-4)23(28)25-20-8-5-14-9-16(24)6-7-19(14)20/h6-7,9-13,20-21H,5,8H2,1-4H3,(H,25,28)(H,26,27). The van der Waals surface area contributed by atoms with Gasteiger partial charge in [0.1, 0.15) is 23.4 Å². The molecule has 0 fully saturated rings. The van der Waals surface area contributed by atoms with E-state index in [0.29, 0.717) is 29.9 Å². The maximum atomic E-state index is 13.4. The zero-order chi connectivity index (χ0) is 21.8. The lowest BCUT2D eigenvalue weighted by molar-refractivity contribution is -0.124. The van der Waals surface area contributed by atoms with Crippen molar-refractivity contribution < 1.29 is 23.5 Å². The molecule has 3 rings (SSSR count). The maximum Gasteiger partial charge on any atom is 0.252 e. The molecule has 1 aliphatic carbocycles. The van der Waals surface area contributed by atoms with Gasteiger partial charge in [-0.2, -0.15) is 0 Å². The predicted octanol–water partition coefficient (Wildman–Crippen LogP) is 3.40. The summed E-state index contributed by atoms with van der Waals surface area (Å²) in [6.45, 7) is 3.74. The van der Waals surface area contributed by atoms with Gasteiger partial charge in [-0.05, 0) is 54.2 Å². The minimum absolute atomic E-state index is 0.129. The molecule has 0 aromatic heterocycles. The Balaban J connectivity index is 1.74. The summed E-state index contributed by atoms with van der Waals surface area (Å²) < 4.78 is 23.9. The summed E-state index contributed by atoms with van der Waals surface area (Å²) in [6, 6.07) is 8.57.